The molecule has 2 aliphatic rings. The fourth-order valence-corrected chi connectivity index (χ4v) is 8.89. The van der Waals surface area contributed by atoms with E-state index in [1.165, 1.54) is 12.1 Å². The first-order chi connectivity index (χ1) is 18.6. The van der Waals surface area contributed by atoms with Gasteiger partial charge < -0.3 is 9.67 Å². The molecule has 2 heterocycles. The van der Waals surface area contributed by atoms with E-state index in [9.17, 15) is 17.9 Å². The number of pyridine rings is 1. The quantitative estimate of drug-likeness (QED) is 0.337. The van der Waals surface area contributed by atoms with E-state index in [4.69, 9.17) is 0 Å². The molecule has 4 atom stereocenters. The van der Waals surface area contributed by atoms with Crippen LogP contribution in [-0.2, 0) is 28.3 Å². The van der Waals surface area contributed by atoms with Gasteiger partial charge in [-0.2, -0.15) is 0 Å². The van der Waals surface area contributed by atoms with Gasteiger partial charge in [-0.1, -0.05) is 23.8 Å². The molecule has 1 saturated carbocycles. The molecule has 39 heavy (non-hydrogen) atoms. The second-order valence-corrected chi connectivity index (χ2v) is 13.6. The van der Waals surface area contributed by atoms with Gasteiger partial charge in [-0.25, -0.2) is 12.8 Å². The molecule has 5 nitrogen and oxygen atoms in total. The first-order valence-electron chi connectivity index (χ1n) is 13.5. The number of aromatic nitrogens is 2. The Morgan fingerprint density at radius 1 is 1.03 bits per heavy atom. The Morgan fingerprint density at radius 3 is 2.46 bits per heavy atom. The van der Waals surface area contributed by atoms with Gasteiger partial charge in [0.25, 0.3) is 0 Å². The van der Waals surface area contributed by atoms with Gasteiger partial charge in [-0.15, -0.1) is 0 Å². The van der Waals surface area contributed by atoms with Crippen LogP contribution in [0.25, 0.3) is 5.69 Å². The van der Waals surface area contributed by atoms with E-state index < -0.39 is 26.1 Å². The Labute approximate surface area is 229 Å². The minimum Gasteiger partial charge on any atom is -0.383 e. The normalized spacial score (nSPS) is 24.4. The standard InChI is InChI=1S/C32H33FN2O3S/c1-22-6-13-27(14-7-22)39(37,38)28-15-8-24-19-29-23(16-18-35(29)26-11-9-25(33)10-12-26)20-32(24,21-28)31(2,36)30-5-3-4-17-34-30/h3-7,9-14,16-18,24,28,36H,8,15,19-21H2,1-2H3/t24?,28-,31?,32-/m0/s1. The van der Waals surface area contributed by atoms with Crippen molar-refractivity contribution in [2.24, 2.45) is 11.3 Å². The zero-order valence-corrected chi connectivity index (χ0v) is 23.0. The number of sulfone groups is 1. The van der Waals surface area contributed by atoms with E-state index in [2.05, 4.69) is 15.6 Å². The van der Waals surface area contributed by atoms with E-state index in [0.29, 0.717) is 42.7 Å². The summed E-state index contributed by atoms with van der Waals surface area (Å²) in [4.78, 5) is 4.88. The second-order valence-electron chi connectivity index (χ2n) is 11.4. The smallest absolute Gasteiger partial charge is 0.181 e. The van der Waals surface area contributed by atoms with Gasteiger partial charge in [-0.05, 0) is 112 Å². The van der Waals surface area contributed by atoms with Crippen molar-refractivity contribution in [2.45, 2.75) is 61.7 Å². The molecule has 202 valence electrons. The average Bonchev–Trinajstić information content (AvgIpc) is 3.34. The summed E-state index contributed by atoms with van der Waals surface area (Å²) < 4.78 is 43.5. The third kappa shape index (κ3) is 4.23. The van der Waals surface area contributed by atoms with Crippen molar-refractivity contribution in [2.75, 3.05) is 0 Å². The number of hydrogen-bond donors (Lipinski definition) is 1. The van der Waals surface area contributed by atoms with E-state index in [0.717, 1.165) is 22.5 Å². The SMILES string of the molecule is Cc1ccc(S(=O)(=O)[C@H]2CCC3Cc4c(ccn4-c4ccc(F)cc4)C[C@]3(C(C)(O)c3ccccn3)C2)cc1. The van der Waals surface area contributed by atoms with Gasteiger partial charge in [0.2, 0.25) is 0 Å². The summed E-state index contributed by atoms with van der Waals surface area (Å²) >= 11 is 0. The van der Waals surface area contributed by atoms with Gasteiger partial charge >= 0.3 is 0 Å². The van der Waals surface area contributed by atoms with E-state index in [1.54, 1.807) is 30.5 Å². The molecule has 2 aromatic heterocycles. The molecule has 7 heteroatoms. The Morgan fingerprint density at radius 2 is 1.77 bits per heavy atom. The molecule has 2 aromatic carbocycles. The third-order valence-electron chi connectivity index (χ3n) is 9.27. The fourth-order valence-electron chi connectivity index (χ4n) is 7.02. The van der Waals surface area contributed by atoms with Gasteiger partial charge in [0, 0.05) is 29.2 Å². The third-order valence-corrected chi connectivity index (χ3v) is 11.5. The summed E-state index contributed by atoms with van der Waals surface area (Å²) in [6.45, 7) is 3.75. The van der Waals surface area contributed by atoms with E-state index in [1.807, 2.05) is 50.4 Å². The molecular formula is C32H33FN2O3S. The molecule has 0 spiro atoms. The number of hydrogen-bond acceptors (Lipinski definition) is 4. The molecule has 1 fully saturated rings. The Bertz CT molecular complexity index is 1600. The van der Waals surface area contributed by atoms with Crippen LogP contribution in [0, 0.1) is 24.1 Å². The number of aryl methyl sites for hydroxylation is 1. The van der Waals surface area contributed by atoms with Crippen molar-refractivity contribution in [1.29, 1.82) is 0 Å². The van der Waals surface area contributed by atoms with Crippen LogP contribution in [-0.4, -0.2) is 28.3 Å². The van der Waals surface area contributed by atoms with Crippen LogP contribution < -0.4 is 0 Å². The lowest BCUT2D eigenvalue weighted by atomic mass is 9.51. The number of aliphatic hydroxyl groups is 1. The van der Waals surface area contributed by atoms with Crippen molar-refractivity contribution < 1.29 is 17.9 Å². The summed E-state index contributed by atoms with van der Waals surface area (Å²) in [5.74, 6) is -0.237. The topological polar surface area (TPSA) is 72.2 Å². The lowest BCUT2D eigenvalue weighted by molar-refractivity contribution is -0.135. The van der Waals surface area contributed by atoms with Crippen molar-refractivity contribution in [3.63, 3.8) is 0 Å². The van der Waals surface area contributed by atoms with Crippen LogP contribution in [0.4, 0.5) is 4.39 Å². The molecule has 0 amide bonds. The van der Waals surface area contributed by atoms with Crippen molar-refractivity contribution in [3.8, 4) is 5.69 Å². The summed E-state index contributed by atoms with van der Waals surface area (Å²) in [5, 5.41) is 11.8. The molecule has 0 aliphatic heterocycles. The summed E-state index contributed by atoms with van der Waals surface area (Å²) in [6, 6.07) is 21.1. The number of nitrogens with zero attached hydrogens (tertiary/aromatic N) is 2. The summed E-state index contributed by atoms with van der Waals surface area (Å²) in [7, 11) is -3.60. The van der Waals surface area contributed by atoms with Crippen LogP contribution in [0.15, 0.2) is 90.1 Å². The highest BCUT2D eigenvalue weighted by Crippen LogP contribution is 2.59. The predicted octanol–water partition coefficient (Wildman–Crippen LogP) is 5.96. The summed E-state index contributed by atoms with van der Waals surface area (Å²) in [5.41, 5.74) is 2.60. The van der Waals surface area contributed by atoms with Crippen LogP contribution in [0.3, 0.4) is 0 Å². The molecule has 1 N–H and O–H groups in total. The highest BCUT2D eigenvalue weighted by molar-refractivity contribution is 7.92. The monoisotopic (exact) mass is 544 g/mol. The largest absolute Gasteiger partial charge is 0.383 e. The van der Waals surface area contributed by atoms with E-state index >= 15 is 0 Å². The molecule has 2 unspecified atom stereocenters. The average molecular weight is 545 g/mol. The first kappa shape index (κ1) is 26.0. The molecule has 0 radical (unpaired) electrons. The highest BCUT2D eigenvalue weighted by atomic mass is 32.2. The van der Waals surface area contributed by atoms with Crippen molar-refractivity contribution >= 4 is 9.84 Å². The van der Waals surface area contributed by atoms with E-state index in [-0.39, 0.29) is 11.7 Å². The Hall–Kier alpha value is -3.29. The van der Waals surface area contributed by atoms with Crippen LogP contribution in [0.5, 0.6) is 0 Å². The van der Waals surface area contributed by atoms with Gasteiger partial charge in [0.15, 0.2) is 9.84 Å². The number of fused-ring (bicyclic) bond motifs is 2. The maximum Gasteiger partial charge on any atom is 0.181 e. The highest BCUT2D eigenvalue weighted by Gasteiger charge is 2.59. The molecule has 0 bridgehead atoms. The Balaban J connectivity index is 1.45. The second kappa shape index (κ2) is 9.42. The lowest BCUT2D eigenvalue weighted by Crippen LogP contribution is -2.57. The van der Waals surface area contributed by atoms with Gasteiger partial charge in [0.05, 0.1) is 15.8 Å². The summed E-state index contributed by atoms with van der Waals surface area (Å²) in [6.07, 6.45) is 6.46. The molecule has 6 rings (SSSR count). The van der Waals surface area contributed by atoms with Crippen molar-refractivity contribution in [3.05, 3.63) is 114 Å². The zero-order chi connectivity index (χ0) is 27.4. The molecular weight excluding hydrogens is 511 g/mol. The lowest BCUT2D eigenvalue weighted by Gasteiger charge is -2.56. The number of rotatable bonds is 5. The fraction of sp³-hybridized carbons (Fsp3) is 0.344. The minimum atomic E-state index is -3.60. The zero-order valence-electron chi connectivity index (χ0n) is 22.2. The Kier molecular flexibility index (Phi) is 6.27. The molecule has 4 aromatic rings. The maximum absolute atomic E-state index is 13.9. The maximum atomic E-state index is 13.9. The minimum absolute atomic E-state index is 0.0422. The van der Waals surface area contributed by atoms with Gasteiger partial charge in [-0.3, -0.25) is 4.98 Å². The predicted molar refractivity (Wildman–Crippen MR) is 149 cm³/mol. The van der Waals surface area contributed by atoms with Crippen molar-refractivity contribution in [1.82, 2.24) is 9.55 Å². The number of halogens is 1. The van der Waals surface area contributed by atoms with Crippen LogP contribution >= 0.6 is 0 Å². The van der Waals surface area contributed by atoms with Crippen LogP contribution in [0.1, 0.15) is 48.7 Å². The first-order valence-corrected chi connectivity index (χ1v) is 15.1. The van der Waals surface area contributed by atoms with Gasteiger partial charge in [0.1, 0.15) is 11.4 Å². The number of benzene rings is 2. The molecule has 0 saturated heterocycles. The molecule has 2 aliphatic carbocycles. The van der Waals surface area contributed by atoms with Crippen LogP contribution in [0.2, 0.25) is 0 Å².